The van der Waals surface area contributed by atoms with E-state index in [1.807, 2.05) is 64.2 Å². The fourth-order valence-corrected chi connectivity index (χ4v) is 2.02. The molecule has 0 aromatic rings. The van der Waals surface area contributed by atoms with Gasteiger partial charge < -0.3 is 0 Å². The summed E-state index contributed by atoms with van der Waals surface area (Å²) in [4.78, 5) is 16.3. The van der Waals surface area contributed by atoms with Crippen molar-refractivity contribution in [3.8, 4) is 0 Å². The van der Waals surface area contributed by atoms with Gasteiger partial charge in [-0.2, -0.15) is 0 Å². The lowest BCUT2D eigenvalue weighted by atomic mass is 10.0. The molecule has 0 saturated carbocycles. The smallest absolute Gasteiger partial charge is 0.162 e. The first-order chi connectivity index (χ1) is 11.7. The standard InChI is InChI=1S/C20H25NO.C2H6/c1-4-6-12-18(5-2)20(22)14-9-13-19(21-3)16-15-17-10-7-8-11-17;1-2/h4,6-10,12-13,15-16H,5,11,14H2,1-3H3;1-2H3/b6-4-,13-9-,16-15+,18-12+,21-19?;. The third-order valence-corrected chi connectivity index (χ3v) is 3.35. The molecule has 0 bridgehead atoms. The van der Waals surface area contributed by atoms with E-state index in [-0.39, 0.29) is 5.78 Å². The van der Waals surface area contributed by atoms with Gasteiger partial charge in [-0.15, -0.1) is 0 Å². The average Bonchev–Trinajstić information content (AvgIpc) is 3.13. The molecule has 0 atom stereocenters. The zero-order valence-corrected chi connectivity index (χ0v) is 15.8. The Morgan fingerprint density at radius 2 is 2.04 bits per heavy atom. The van der Waals surface area contributed by atoms with Crippen LogP contribution in [0.2, 0.25) is 0 Å². The molecular formula is C22H31NO. The zero-order chi connectivity index (χ0) is 18.2. The van der Waals surface area contributed by atoms with Crippen LogP contribution in [0.4, 0.5) is 0 Å². The van der Waals surface area contributed by atoms with Crippen molar-refractivity contribution in [3.63, 3.8) is 0 Å². The van der Waals surface area contributed by atoms with Crippen molar-refractivity contribution < 1.29 is 4.79 Å². The summed E-state index contributed by atoms with van der Waals surface area (Å²) in [6, 6.07) is 0. The summed E-state index contributed by atoms with van der Waals surface area (Å²) in [5.74, 6) is 0.166. The maximum absolute atomic E-state index is 12.1. The van der Waals surface area contributed by atoms with Gasteiger partial charge in [-0.25, -0.2) is 0 Å². The minimum absolute atomic E-state index is 0.166. The number of ketones is 1. The van der Waals surface area contributed by atoms with Crippen LogP contribution in [0, 0.1) is 0 Å². The molecule has 1 aliphatic rings. The van der Waals surface area contributed by atoms with E-state index in [9.17, 15) is 4.79 Å². The quantitative estimate of drug-likeness (QED) is 0.308. The lowest BCUT2D eigenvalue weighted by Gasteiger charge is -1.99. The molecule has 0 spiro atoms. The Kier molecular flexibility index (Phi) is 13.0. The van der Waals surface area contributed by atoms with Gasteiger partial charge in [-0.05, 0) is 43.1 Å². The summed E-state index contributed by atoms with van der Waals surface area (Å²) < 4.78 is 0. The van der Waals surface area contributed by atoms with Gasteiger partial charge in [0.2, 0.25) is 0 Å². The minimum Gasteiger partial charge on any atom is -0.294 e. The number of allylic oxidation sites excluding steroid dienone is 12. The molecule has 0 saturated heterocycles. The third-order valence-electron chi connectivity index (χ3n) is 3.35. The van der Waals surface area contributed by atoms with Gasteiger partial charge in [-0.1, -0.05) is 69.4 Å². The summed E-state index contributed by atoms with van der Waals surface area (Å²) in [7, 11) is 1.76. The lowest BCUT2D eigenvalue weighted by Crippen LogP contribution is -2.00. The van der Waals surface area contributed by atoms with Crippen molar-refractivity contribution in [2.75, 3.05) is 7.05 Å². The predicted octanol–water partition coefficient (Wildman–Crippen LogP) is 5.95. The van der Waals surface area contributed by atoms with Crippen LogP contribution in [0.1, 0.15) is 47.0 Å². The largest absolute Gasteiger partial charge is 0.294 e. The van der Waals surface area contributed by atoms with Crippen molar-refractivity contribution in [1.82, 2.24) is 0 Å². The molecule has 0 aromatic heterocycles. The normalized spacial score (nSPS) is 15.3. The molecule has 0 aromatic carbocycles. The first kappa shape index (κ1) is 21.8. The van der Waals surface area contributed by atoms with Crippen LogP contribution in [-0.4, -0.2) is 18.5 Å². The molecule has 0 N–H and O–H groups in total. The average molecular weight is 325 g/mol. The maximum atomic E-state index is 12.1. The van der Waals surface area contributed by atoms with Crippen LogP contribution >= 0.6 is 0 Å². The molecule has 24 heavy (non-hydrogen) atoms. The van der Waals surface area contributed by atoms with Gasteiger partial charge in [0.05, 0.1) is 5.71 Å². The molecule has 0 aliphatic heterocycles. The molecule has 130 valence electrons. The Morgan fingerprint density at radius 3 is 2.58 bits per heavy atom. The Bertz CT molecular complexity index is 581. The van der Waals surface area contributed by atoms with E-state index < -0.39 is 0 Å². The molecule has 2 heteroatoms. The van der Waals surface area contributed by atoms with Gasteiger partial charge in [0.15, 0.2) is 5.78 Å². The molecule has 0 fully saturated rings. The zero-order valence-electron chi connectivity index (χ0n) is 15.8. The SMILES string of the molecule is C/C=C\C=C(/CC)C(=O)C/C=C\C(/C=C/C1=CC=CC1)=NC.CC. The molecule has 0 radical (unpaired) electrons. The molecule has 2 nitrogen and oxygen atoms in total. The highest BCUT2D eigenvalue weighted by Crippen LogP contribution is 2.11. The fraction of sp³-hybridized carbons (Fsp3) is 0.364. The number of aliphatic imine (C=N–C) groups is 1. The number of rotatable bonds is 8. The summed E-state index contributed by atoms with van der Waals surface area (Å²) in [6.07, 6.45) is 22.0. The number of hydrogen-bond donors (Lipinski definition) is 0. The van der Waals surface area contributed by atoms with Crippen molar-refractivity contribution in [2.45, 2.75) is 47.0 Å². The maximum Gasteiger partial charge on any atom is 0.162 e. The van der Waals surface area contributed by atoms with Crippen molar-refractivity contribution in [1.29, 1.82) is 0 Å². The van der Waals surface area contributed by atoms with Crippen molar-refractivity contribution >= 4 is 11.5 Å². The van der Waals surface area contributed by atoms with E-state index in [4.69, 9.17) is 0 Å². The minimum atomic E-state index is 0.166. The second kappa shape index (κ2) is 14.4. The lowest BCUT2D eigenvalue weighted by molar-refractivity contribution is -0.114. The van der Waals surface area contributed by atoms with Crippen LogP contribution in [-0.2, 0) is 4.79 Å². The summed E-state index contributed by atoms with van der Waals surface area (Å²) in [5.41, 5.74) is 3.00. The van der Waals surface area contributed by atoms with Crippen LogP contribution in [0.3, 0.4) is 0 Å². The highest BCUT2D eigenvalue weighted by molar-refractivity contribution is 6.05. The van der Waals surface area contributed by atoms with Crippen molar-refractivity contribution in [2.24, 2.45) is 4.99 Å². The third kappa shape index (κ3) is 9.04. The first-order valence-electron chi connectivity index (χ1n) is 8.73. The van der Waals surface area contributed by atoms with Crippen LogP contribution in [0.25, 0.3) is 0 Å². The molecule has 0 heterocycles. The number of carbonyl (C=O) groups is 1. The Labute approximate surface area is 147 Å². The van der Waals surface area contributed by atoms with Gasteiger partial charge in [0.25, 0.3) is 0 Å². The summed E-state index contributed by atoms with van der Waals surface area (Å²) >= 11 is 0. The van der Waals surface area contributed by atoms with E-state index in [0.29, 0.717) is 6.42 Å². The fourth-order valence-electron chi connectivity index (χ4n) is 2.02. The Balaban J connectivity index is 0.00000254. The second-order valence-corrected chi connectivity index (χ2v) is 4.96. The number of Topliss-reactive ketones (excluding diaryl/α,β-unsaturated/α-hetero) is 1. The van der Waals surface area contributed by atoms with E-state index in [2.05, 4.69) is 29.3 Å². The van der Waals surface area contributed by atoms with Gasteiger partial charge in [-0.3, -0.25) is 9.79 Å². The molecular weight excluding hydrogens is 294 g/mol. The van der Waals surface area contributed by atoms with Gasteiger partial charge in [0, 0.05) is 13.5 Å². The predicted molar refractivity (Wildman–Crippen MR) is 108 cm³/mol. The molecule has 0 amide bonds. The Morgan fingerprint density at radius 1 is 1.29 bits per heavy atom. The Hall–Kier alpha value is -2.22. The van der Waals surface area contributed by atoms with Crippen LogP contribution in [0.15, 0.2) is 76.9 Å². The van der Waals surface area contributed by atoms with E-state index in [0.717, 1.165) is 24.1 Å². The van der Waals surface area contributed by atoms with E-state index in [1.165, 1.54) is 5.57 Å². The van der Waals surface area contributed by atoms with E-state index >= 15 is 0 Å². The topological polar surface area (TPSA) is 29.4 Å². The summed E-state index contributed by atoms with van der Waals surface area (Å²) in [6.45, 7) is 7.95. The highest BCUT2D eigenvalue weighted by Gasteiger charge is 2.04. The number of hydrogen-bond acceptors (Lipinski definition) is 2. The molecule has 1 aliphatic carbocycles. The molecule has 1 rings (SSSR count). The summed E-state index contributed by atoms with van der Waals surface area (Å²) in [5, 5.41) is 0. The molecule has 0 unspecified atom stereocenters. The highest BCUT2D eigenvalue weighted by atomic mass is 16.1. The number of carbonyl (C=O) groups excluding carboxylic acids is 1. The van der Waals surface area contributed by atoms with Gasteiger partial charge in [0.1, 0.15) is 0 Å². The van der Waals surface area contributed by atoms with Gasteiger partial charge >= 0.3 is 0 Å². The first-order valence-corrected chi connectivity index (χ1v) is 8.73. The second-order valence-electron chi connectivity index (χ2n) is 4.96. The van der Waals surface area contributed by atoms with Crippen LogP contribution < -0.4 is 0 Å². The number of nitrogens with zero attached hydrogens (tertiary/aromatic N) is 1. The van der Waals surface area contributed by atoms with Crippen molar-refractivity contribution in [3.05, 3.63) is 71.9 Å². The van der Waals surface area contributed by atoms with E-state index in [1.54, 1.807) is 7.05 Å². The van der Waals surface area contributed by atoms with Crippen LogP contribution in [0.5, 0.6) is 0 Å². The monoisotopic (exact) mass is 325 g/mol.